The van der Waals surface area contributed by atoms with Gasteiger partial charge in [0.25, 0.3) is 5.91 Å². The summed E-state index contributed by atoms with van der Waals surface area (Å²) in [4.78, 5) is 14.9. The van der Waals surface area contributed by atoms with Gasteiger partial charge in [-0.15, -0.1) is 0 Å². The molecule has 0 fully saturated rings. The third kappa shape index (κ3) is 4.35. The predicted molar refractivity (Wildman–Crippen MR) is 57.6 cm³/mol. The van der Waals surface area contributed by atoms with E-state index in [-0.39, 0.29) is 11.8 Å². The molecule has 0 bridgehead atoms. The van der Waals surface area contributed by atoms with Crippen molar-refractivity contribution in [3.05, 3.63) is 29.8 Å². The number of aromatic nitrogens is 1. The first-order chi connectivity index (χ1) is 7.59. The molecule has 88 valence electrons. The van der Waals surface area contributed by atoms with Crippen LogP contribution in [0, 0.1) is 5.95 Å². The summed E-state index contributed by atoms with van der Waals surface area (Å²) in [6, 6.07) is 4.10. The standard InChI is InChI=1S/C11H15FN2O2/c1-8(2)16-7-6-13-11(15)9-4-3-5-10(12)14-9/h3-5,8H,6-7H2,1-2H3,(H,13,15). The van der Waals surface area contributed by atoms with E-state index in [9.17, 15) is 9.18 Å². The van der Waals surface area contributed by atoms with Crippen molar-refractivity contribution < 1.29 is 13.9 Å². The van der Waals surface area contributed by atoms with Gasteiger partial charge in [0.05, 0.1) is 12.7 Å². The number of amides is 1. The Kier molecular flexibility index (Phi) is 4.85. The van der Waals surface area contributed by atoms with Crippen molar-refractivity contribution in [3.63, 3.8) is 0 Å². The molecule has 16 heavy (non-hydrogen) atoms. The highest BCUT2D eigenvalue weighted by Crippen LogP contribution is 1.97. The van der Waals surface area contributed by atoms with Gasteiger partial charge in [0.2, 0.25) is 5.95 Å². The molecule has 0 aromatic carbocycles. The topological polar surface area (TPSA) is 51.2 Å². The third-order valence-corrected chi connectivity index (χ3v) is 1.79. The van der Waals surface area contributed by atoms with Crippen LogP contribution in [0.1, 0.15) is 24.3 Å². The van der Waals surface area contributed by atoms with Gasteiger partial charge in [-0.05, 0) is 26.0 Å². The fourth-order valence-corrected chi connectivity index (χ4v) is 1.08. The molecule has 0 radical (unpaired) electrons. The zero-order valence-electron chi connectivity index (χ0n) is 9.37. The van der Waals surface area contributed by atoms with Crippen LogP contribution in [0.25, 0.3) is 0 Å². The quantitative estimate of drug-likeness (QED) is 0.609. The molecule has 0 aliphatic carbocycles. The number of carbonyl (C=O) groups excluding carboxylic acids is 1. The first-order valence-electron chi connectivity index (χ1n) is 5.12. The molecular weight excluding hydrogens is 211 g/mol. The fourth-order valence-electron chi connectivity index (χ4n) is 1.08. The number of carbonyl (C=O) groups is 1. The molecule has 1 aromatic rings. The lowest BCUT2D eigenvalue weighted by atomic mass is 10.3. The molecule has 0 unspecified atom stereocenters. The van der Waals surface area contributed by atoms with Gasteiger partial charge < -0.3 is 10.1 Å². The Morgan fingerprint density at radius 2 is 2.31 bits per heavy atom. The molecular formula is C11H15FN2O2. The monoisotopic (exact) mass is 226 g/mol. The Hall–Kier alpha value is -1.49. The number of hydrogen-bond acceptors (Lipinski definition) is 3. The summed E-state index contributed by atoms with van der Waals surface area (Å²) in [7, 11) is 0. The lowest BCUT2D eigenvalue weighted by molar-refractivity contribution is 0.0744. The van der Waals surface area contributed by atoms with E-state index < -0.39 is 11.9 Å². The van der Waals surface area contributed by atoms with Crippen LogP contribution >= 0.6 is 0 Å². The second-order valence-electron chi connectivity index (χ2n) is 3.52. The second-order valence-corrected chi connectivity index (χ2v) is 3.52. The smallest absolute Gasteiger partial charge is 0.270 e. The minimum atomic E-state index is -0.661. The zero-order valence-corrected chi connectivity index (χ0v) is 9.37. The Labute approximate surface area is 93.8 Å². The van der Waals surface area contributed by atoms with Crippen LogP contribution in [0.15, 0.2) is 18.2 Å². The molecule has 0 saturated heterocycles. The average molecular weight is 226 g/mol. The zero-order chi connectivity index (χ0) is 12.0. The van der Waals surface area contributed by atoms with Crippen molar-refractivity contribution in [1.82, 2.24) is 10.3 Å². The van der Waals surface area contributed by atoms with Crippen molar-refractivity contribution in [1.29, 1.82) is 0 Å². The van der Waals surface area contributed by atoms with Crippen LogP contribution in [-0.4, -0.2) is 30.1 Å². The molecule has 4 nitrogen and oxygen atoms in total. The third-order valence-electron chi connectivity index (χ3n) is 1.79. The fraction of sp³-hybridized carbons (Fsp3) is 0.455. The molecule has 0 aliphatic rings. The molecule has 0 aliphatic heterocycles. The van der Waals surface area contributed by atoms with E-state index in [1.807, 2.05) is 13.8 Å². The van der Waals surface area contributed by atoms with Crippen molar-refractivity contribution >= 4 is 5.91 Å². The Bertz CT molecular complexity index is 356. The van der Waals surface area contributed by atoms with E-state index in [0.717, 1.165) is 0 Å². The van der Waals surface area contributed by atoms with Gasteiger partial charge >= 0.3 is 0 Å². The normalized spacial score (nSPS) is 10.5. The molecule has 5 heteroatoms. The van der Waals surface area contributed by atoms with Crippen LogP contribution in [0.5, 0.6) is 0 Å². The summed E-state index contributed by atoms with van der Waals surface area (Å²) in [5, 5.41) is 2.59. The van der Waals surface area contributed by atoms with Crippen LogP contribution < -0.4 is 5.32 Å². The Morgan fingerprint density at radius 1 is 1.56 bits per heavy atom. The first-order valence-corrected chi connectivity index (χ1v) is 5.12. The molecule has 1 aromatic heterocycles. The van der Waals surface area contributed by atoms with Gasteiger partial charge in [0.1, 0.15) is 5.69 Å². The second kappa shape index (κ2) is 6.17. The van der Waals surface area contributed by atoms with E-state index in [1.54, 1.807) is 0 Å². The minimum Gasteiger partial charge on any atom is -0.377 e. The highest BCUT2D eigenvalue weighted by molar-refractivity contribution is 5.92. The summed E-state index contributed by atoms with van der Waals surface area (Å²) in [5.74, 6) is -1.06. The summed E-state index contributed by atoms with van der Waals surface area (Å²) in [6.07, 6.45) is 0.129. The number of pyridine rings is 1. The van der Waals surface area contributed by atoms with Gasteiger partial charge in [-0.3, -0.25) is 4.79 Å². The SMILES string of the molecule is CC(C)OCCNC(=O)c1cccc(F)n1. The lowest BCUT2D eigenvalue weighted by Gasteiger charge is -2.08. The number of halogens is 1. The molecule has 0 atom stereocenters. The number of ether oxygens (including phenoxy) is 1. The van der Waals surface area contributed by atoms with E-state index in [2.05, 4.69) is 10.3 Å². The summed E-state index contributed by atoms with van der Waals surface area (Å²) in [6.45, 7) is 4.64. The van der Waals surface area contributed by atoms with Crippen molar-refractivity contribution in [3.8, 4) is 0 Å². The summed E-state index contributed by atoms with van der Waals surface area (Å²) < 4.78 is 17.9. The maximum atomic E-state index is 12.7. The Morgan fingerprint density at radius 3 is 2.94 bits per heavy atom. The highest BCUT2D eigenvalue weighted by atomic mass is 19.1. The number of hydrogen-bond donors (Lipinski definition) is 1. The molecule has 1 amide bonds. The predicted octanol–water partition coefficient (Wildman–Crippen LogP) is 1.38. The van der Waals surface area contributed by atoms with Gasteiger partial charge in [-0.1, -0.05) is 6.07 Å². The Balaban J connectivity index is 2.35. The summed E-state index contributed by atoms with van der Waals surface area (Å²) >= 11 is 0. The van der Waals surface area contributed by atoms with E-state index in [1.165, 1.54) is 18.2 Å². The first kappa shape index (κ1) is 12.6. The van der Waals surface area contributed by atoms with Crippen molar-refractivity contribution in [2.24, 2.45) is 0 Å². The van der Waals surface area contributed by atoms with E-state index in [0.29, 0.717) is 13.2 Å². The number of nitrogens with zero attached hydrogens (tertiary/aromatic N) is 1. The largest absolute Gasteiger partial charge is 0.377 e. The minimum absolute atomic E-state index is 0.0737. The average Bonchev–Trinajstić information content (AvgIpc) is 2.24. The van der Waals surface area contributed by atoms with Crippen molar-refractivity contribution in [2.75, 3.05) is 13.2 Å². The van der Waals surface area contributed by atoms with Crippen LogP contribution in [-0.2, 0) is 4.74 Å². The van der Waals surface area contributed by atoms with E-state index in [4.69, 9.17) is 4.74 Å². The van der Waals surface area contributed by atoms with Gasteiger partial charge in [-0.2, -0.15) is 4.39 Å². The molecule has 0 spiro atoms. The van der Waals surface area contributed by atoms with Gasteiger partial charge in [-0.25, -0.2) is 4.98 Å². The number of rotatable bonds is 5. The molecule has 1 rings (SSSR count). The van der Waals surface area contributed by atoms with Crippen molar-refractivity contribution in [2.45, 2.75) is 20.0 Å². The van der Waals surface area contributed by atoms with Gasteiger partial charge in [0, 0.05) is 6.54 Å². The molecule has 0 saturated carbocycles. The maximum Gasteiger partial charge on any atom is 0.270 e. The molecule has 1 heterocycles. The van der Waals surface area contributed by atoms with Crippen LogP contribution in [0.3, 0.4) is 0 Å². The van der Waals surface area contributed by atoms with E-state index >= 15 is 0 Å². The maximum absolute atomic E-state index is 12.7. The van der Waals surface area contributed by atoms with Gasteiger partial charge in [0.15, 0.2) is 0 Å². The lowest BCUT2D eigenvalue weighted by Crippen LogP contribution is -2.28. The van der Waals surface area contributed by atoms with Crippen LogP contribution in [0.2, 0.25) is 0 Å². The highest BCUT2D eigenvalue weighted by Gasteiger charge is 2.06. The molecule has 1 N–H and O–H groups in total. The number of nitrogens with one attached hydrogen (secondary N) is 1. The summed E-state index contributed by atoms with van der Waals surface area (Å²) in [5.41, 5.74) is 0.0737. The van der Waals surface area contributed by atoms with Crippen LogP contribution in [0.4, 0.5) is 4.39 Å².